The predicted molar refractivity (Wildman–Crippen MR) is 195 cm³/mol. The summed E-state index contributed by atoms with van der Waals surface area (Å²) in [7, 11) is 1.47. The van der Waals surface area contributed by atoms with E-state index in [0.29, 0.717) is 11.0 Å². The fraction of sp³-hybridized carbons (Fsp3) is 0.395. The molecular weight excluding hydrogens is 622 g/mol. The van der Waals surface area contributed by atoms with Gasteiger partial charge >= 0.3 is 5.97 Å². The lowest BCUT2D eigenvalue weighted by Crippen LogP contribution is -2.40. The molecule has 2 aliphatic heterocycles. The maximum Gasteiger partial charge on any atom is 0.338 e. The van der Waals surface area contributed by atoms with Gasteiger partial charge in [-0.2, -0.15) is 0 Å². The highest BCUT2D eigenvalue weighted by atomic mass is 16.5. The average molecular weight is 672 g/mol. The summed E-state index contributed by atoms with van der Waals surface area (Å²) in [6.45, 7) is 6.53. The largest absolute Gasteiger partial charge is 0.465 e. The van der Waals surface area contributed by atoms with Gasteiger partial charge in [0.15, 0.2) is 0 Å². The number of methoxy groups -OCH3 is 1. The lowest BCUT2D eigenvalue weighted by molar-refractivity contribution is 0.0598. The van der Waals surface area contributed by atoms with Gasteiger partial charge in [-0.15, -0.1) is 0 Å². The summed E-state index contributed by atoms with van der Waals surface area (Å²) in [4.78, 5) is 29.1. The molecule has 0 bridgehead atoms. The molecule has 4 aromatic rings. The van der Waals surface area contributed by atoms with Crippen molar-refractivity contribution in [2.24, 2.45) is 10.8 Å². The molecule has 0 radical (unpaired) electrons. The van der Waals surface area contributed by atoms with E-state index in [1.165, 1.54) is 47.8 Å². The molecule has 0 aromatic heterocycles. The average Bonchev–Trinajstić information content (AvgIpc) is 3.72. The van der Waals surface area contributed by atoms with E-state index < -0.39 is 5.91 Å². The highest BCUT2D eigenvalue weighted by Gasteiger charge is 2.42. The Morgan fingerprint density at radius 1 is 0.620 bits per heavy atom. The van der Waals surface area contributed by atoms with E-state index in [2.05, 4.69) is 82.6 Å². The molecule has 2 aliphatic carbocycles. The maximum absolute atomic E-state index is 12.1. The van der Waals surface area contributed by atoms with Crippen molar-refractivity contribution in [3.63, 3.8) is 0 Å². The second kappa shape index (κ2) is 14.9. The summed E-state index contributed by atoms with van der Waals surface area (Å²) in [6.07, 6.45) is 8.85. The van der Waals surface area contributed by atoms with Gasteiger partial charge in [-0.05, 0) is 134 Å². The number of benzene rings is 4. The molecule has 1 amide bonds. The van der Waals surface area contributed by atoms with E-state index in [0.717, 1.165) is 88.9 Å². The highest BCUT2D eigenvalue weighted by Crippen LogP contribution is 2.47. The van der Waals surface area contributed by atoms with Crippen LogP contribution in [0, 0.1) is 10.8 Å². The third-order valence-corrected chi connectivity index (χ3v) is 11.9. The first-order valence-electron chi connectivity index (χ1n) is 18.2. The number of nitrogens with one attached hydrogen (secondary N) is 1. The molecule has 2 spiro atoms. The molecule has 2 fully saturated rings. The van der Waals surface area contributed by atoms with Crippen LogP contribution in [0.2, 0.25) is 0 Å². The number of rotatable bonds is 6. The maximum atomic E-state index is 12.1. The molecule has 4 aromatic carbocycles. The van der Waals surface area contributed by atoms with Gasteiger partial charge in [0.2, 0.25) is 0 Å². The molecule has 0 unspecified atom stereocenters. The van der Waals surface area contributed by atoms with Gasteiger partial charge < -0.3 is 4.74 Å². The number of amides is 1. The molecule has 8 rings (SSSR count). The number of carbonyl (C=O) groups is 2. The fourth-order valence-electron chi connectivity index (χ4n) is 9.04. The zero-order valence-corrected chi connectivity index (χ0v) is 29.2. The minimum Gasteiger partial charge on any atom is -0.465 e. The van der Waals surface area contributed by atoms with Crippen molar-refractivity contribution in [3.8, 4) is 0 Å². The molecule has 4 aliphatic rings. The van der Waals surface area contributed by atoms with E-state index in [9.17, 15) is 9.59 Å². The summed E-state index contributed by atoms with van der Waals surface area (Å²) in [5.41, 5.74) is 11.5. The Morgan fingerprint density at radius 3 is 1.50 bits per heavy atom. The summed E-state index contributed by atoms with van der Waals surface area (Å²) >= 11 is 0. The minimum absolute atomic E-state index is 0.199. The fourth-order valence-corrected chi connectivity index (χ4v) is 9.04. The summed E-state index contributed by atoms with van der Waals surface area (Å²) < 4.78 is 4.97. The van der Waals surface area contributed by atoms with Crippen LogP contribution in [-0.2, 0) is 43.5 Å². The van der Waals surface area contributed by atoms with Crippen molar-refractivity contribution in [2.45, 2.75) is 64.5 Å². The number of likely N-dealkylation sites (tertiary alicyclic amines) is 2. The Kier molecular flexibility index (Phi) is 10.2. The van der Waals surface area contributed by atoms with E-state index in [-0.39, 0.29) is 11.4 Å². The summed E-state index contributed by atoms with van der Waals surface area (Å²) in [5, 5.41) is 8.99. The molecule has 0 saturated carbocycles. The number of hydrogen-bond acceptors (Lipinski definition) is 6. The molecule has 50 heavy (non-hydrogen) atoms. The normalized spacial score (nSPS) is 18.9. The Balaban J connectivity index is 0.000000157. The number of hydrogen-bond donors (Lipinski definition) is 2. The van der Waals surface area contributed by atoms with Crippen molar-refractivity contribution in [3.05, 3.63) is 142 Å². The summed E-state index contributed by atoms with van der Waals surface area (Å²) in [5.74, 6) is -0.592. The van der Waals surface area contributed by atoms with Gasteiger partial charge in [0.05, 0.1) is 12.7 Å². The third kappa shape index (κ3) is 7.41. The number of esters is 1. The number of nitrogens with zero attached hydrogens (tertiary/aromatic N) is 2. The molecule has 260 valence electrons. The van der Waals surface area contributed by atoms with Crippen LogP contribution < -0.4 is 5.48 Å². The monoisotopic (exact) mass is 671 g/mol. The van der Waals surface area contributed by atoms with Crippen LogP contribution in [0.5, 0.6) is 0 Å². The van der Waals surface area contributed by atoms with Crippen molar-refractivity contribution in [1.82, 2.24) is 15.3 Å². The highest BCUT2D eigenvalue weighted by molar-refractivity contribution is 5.95. The zero-order chi connectivity index (χ0) is 34.6. The Bertz CT molecular complexity index is 1660. The Hall–Kier alpha value is -4.30. The van der Waals surface area contributed by atoms with Gasteiger partial charge in [-0.25, -0.2) is 10.3 Å². The van der Waals surface area contributed by atoms with Gasteiger partial charge in [0.1, 0.15) is 0 Å². The lowest BCUT2D eigenvalue weighted by atomic mass is 9.75. The standard InChI is InChI=1S/C22H25NO2.C21H24N2O2/c1-25-21(24)19-9-5-8-18-14-22(15-20(18)19)10-12-23(13-11-22)16-17-6-3-2-4-7-17;24-20(22-25)18-8-4-7-17-13-21(14-19(17)18)9-11-23(12-10-21)15-16-5-2-1-3-6-16/h2-9H,10-16H2,1H3;1-8,25H,9-15H2,(H,22,24). The molecule has 7 heteroatoms. The molecule has 7 nitrogen and oxygen atoms in total. The third-order valence-electron chi connectivity index (χ3n) is 11.9. The van der Waals surface area contributed by atoms with Crippen molar-refractivity contribution >= 4 is 11.9 Å². The SMILES string of the molecule is COC(=O)c1cccc2c1CC1(CCN(Cc3ccccc3)CC1)C2.O=C(NO)c1cccc2c1CC1(CCN(Cc3ccccc3)CC1)C2. The minimum atomic E-state index is -0.393. The first-order valence-corrected chi connectivity index (χ1v) is 18.2. The van der Waals surface area contributed by atoms with Crippen LogP contribution in [0.4, 0.5) is 0 Å². The Labute approximate surface area is 296 Å². The molecule has 0 atom stereocenters. The van der Waals surface area contributed by atoms with Gasteiger partial charge in [-0.1, -0.05) is 84.9 Å². The van der Waals surface area contributed by atoms with Crippen LogP contribution >= 0.6 is 0 Å². The second-order valence-electron chi connectivity index (χ2n) is 15.0. The van der Waals surface area contributed by atoms with Crippen molar-refractivity contribution < 1.29 is 19.5 Å². The van der Waals surface area contributed by atoms with Crippen LogP contribution in [0.1, 0.15) is 79.8 Å². The van der Waals surface area contributed by atoms with E-state index >= 15 is 0 Å². The molecule has 2 heterocycles. The first kappa shape index (κ1) is 34.2. The van der Waals surface area contributed by atoms with E-state index in [1.54, 1.807) is 5.48 Å². The molecule has 2 saturated heterocycles. The molecule has 2 N–H and O–H groups in total. The van der Waals surface area contributed by atoms with Crippen LogP contribution in [0.3, 0.4) is 0 Å². The lowest BCUT2D eigenvalue weighted by Gasteiger charge is -2.39. The van der Waals surface area contributed by atoms with Crippen molar-refractivity contribution in [1.29, 1.82) is 0 Å². The number of piperidine rings is 2. The van der Waals surface area contributed by atoms with E-state index in [1.807, 2.05) is 24.3 Å². The quantitative estimate of drug-likeness (QED) is 0.130. The number of hydroxylamine groups is 1. The molecular formula is C43H49N3O4. The smallest absolute Gasteiger partial charge is 0.338 e. The number of fused-ring (bicyclic) bond motifs is 2. The van der Waals surface area contributed by atoms with Crippen molar-refractivity contribution in [2.75, 3.05) is 33.3 Å². The van der Waals surface area contributed by atoms with Crippen LogP contribution in [0.25, 0.3) is 0 Å². The topological polar surface area (TPSA) is 82.1 Å². The zero-order valence-electron chi connectivity index (χ0n) is 29.2. The summed E-state index contributed by atoms with van der Waals surface area (Å²) in [6, 6.07) is 33.3. The van der Waals surface area contributed by atoms with E-state index in [4.69, 9.17) is 9.94 Å². The van der Waals surface area contributed by atoms with Gasteiger partial charge in [0.25, 0.3) is 5.91 Å². The second-order valence-corrected chi connectivity index (χ2v) is 15.0. The predicted octanol–water partition coefficient (Wildman–Crippen LogP) is 7.04. The number of ether oxygens (including phenoxy) is 1. The van der Waals surface area contributed by atoms with Crippen LogP contribution in [-0.4, -0.2) is 60.2 Å². The van der Waals surface area contributed by atoms with Crippen LogP contribution in [0.15, 0.2) is 97.1 Å². The first-order chi connectivity index (χ1) is 24.4. The van der Waals surface area contributed by atoms with Gasteiger partial charge in [-0.3, -0.25) is 19.8 Å². The number of carbonyl (C=O) groups excluding carboxylic acids is 2. The van der Waals surface area contributed by atoms with Gasteiger partial charge in [0, 0.05) is 18.7 Å². The Morgan fingerprint density at radius 2 is 1.06 bits per heavy atom.